The fraction of sp³-hybridized carbons (Fsp3) is 0.429. The van der Waals surface area contributed by atoms with E-state index in [-0.39, 0.29) is 0 Å². The van der Waals surface area contributed by atoms with E-state index in [2.05, 4.69) is 21.3 Å². The van der Waals surface area contributed by atoms with Gasteiger partial charge in [0.1, 0.15) is 10.5 Å². The van der Waals surface area contributed by atoms with Crippen molar-refractivity contribution in [3.05, 3.63) is 0 Å². The van der Waals surface area contributed by atoms with Crippen molar-refractivity contribution in [2.24, 2.45) is 22.9 Å². The van der Waals surface area contributed by atoms with E-state index in [1.165, 1.54) is 6.92 Å². The molecule has 0 radical (unpaired) electrons. The highest BCUT2D eigenvalue weighted by Gasteiger charge is 2.51. The first kappa shape index (κ1) is 23.8. The molecule has 0 spiro atoms. The molecular weight excluding hydrogens is 413 g/mol. The topological polar surface area (TPSA) is 275 Å². The molecule has 0 aliphatic carbocycles. The normalized spacial score (nSPS) is 16.5. The second-order valence-electron chi connectivity index (χ2n) is 5.26. The minimum absolute atomic E-state index is 0.458. The van der Waals surface area contributed by atoms with Crippen LogP contribution in [0.25, 0.3) is 0 Å². The van der Waals surface area contributed by atoms with Gasteiger partial charge in [-0.2, -0.15) is 0 Å². The molecule has 0 heterocycles. The van der Waals surface area contributed by atoms with Crippen LogP contribution in [0.4, 0.5) is 0 Å². The maximum absolute atomic E-state index is 7.61. The average molecular weight is 441 g/mol. The second kappa shape index (κ2) is 10.7. The van der Waals surface area contributed by atoms with Gasteiger partial charge in [-0.15, -0.1) is 0 Å². The van der Waals surface area contributed by atoms with Crippen molar-refractivity contribution in [3.8, 4) is 0 Å². The van der Waals surface area contributed by atoms with Crippen molar-refractivity contribution in [3.63, 3.8) is 0 Å². The molecule has 150 valence electrons. The Balaban J connectivity index is 5.88. The lowest BCUT2D eigenvalue weighted by Crippen LogP contribution is -2.86. The predicted molar refractivity (Wildman–Crippen MR) is 110 cm³/mol. The highest BCUT2D eigenvalue weighted by atomic mass is 28.4. The Hall–Kier alpha value is -2.17. The summed E-state index contributed by atoms with van der Waals surface area (Å²) in [6, 6.07) is 0. The largest absolute Gasteiger partial charge is 0.449 e. The molecule has 0 saturated heterocycles. The quantitative estimate of drug-likeness (QED) is 0.0471. The van der Waals surface area contributed by atoms with E-state index in [0.29, 0.717) is 10.5 Å². The van der Waals surface area contributed by atoms with Gasteiger partial charge in [-0.05, 0) is 6.92 Å². The van der Waals surface area contributed by atoms with Crippen LogP contribution in [0.1, 0.15) is 6.92 Å². The van der Waals surface area contributed by atoms with Gasteiger partial charge in [-0.1, -0.05) is 0 Å². The fourth-order valence-corrected chi connectivity index (χ4v) is 8.63. The van der Waals surface area contributed by atoms with Gasteiger partial charge >= 0.3 is 0 Å². The summed E-state index contributed by atoms with van der Waals surface area (Å²) in [5.74, 6) is -1.84. The van der Waals surface area contributed by atoms with Crippen molar-refractivity contribution in [2.45, 2.75) is 17.9 Å². The molecule has 19 heteroatoms. The monoisotopic (exact) mass is 440 g/mol. The smallest absolute Gasteiger partial charge is 0.284 e. The Morgan fingerprint density at radius 3 is 1.58 bits per heavy atom. The SMILES string of the molecule is CC(NC(=N)N)(NC(=N)N)C(NC(=N)N)(NC(=N)N)[SiH2]O[SiH2]O[SiH2]O[SiH3]. The Labute approximate surface area is 160 Å². The van der Waals surface area contributed by atoms with Crippen LogP contribution in [-0.2, 0) is 12.3 Å². The second-order valence-corrected chi connectivity index (χ2v) is 12.7. The summed E-state index contributed by atoms with van der Waals surface area (Å²) in [6.07, 6.45) is 0. The van der Waals surface area contributed by atoms with E-state index in [1.807, 2.05) is 0 Å². The standard InChI is InChI=1S/C7H28N12O3Si4/c1-6(16-2(8)9,17-3(10)11)7(18-4(12)13,19-5(14)15)24-21-26-22-25-20-23/h24-26H2,1,23H3,(H4,8,9,16)(H4,10,11,17)(H4,12,13,18)(H4,14,15,19). The molecule has 0 bridgehead atoms. The molecule has 26 heavy (non-hydrogen) atoms. The molecule has 0 saturated carbocycles. The number of nitrogens with two attached hydrogens (primary N) is 4. The molecule has 0 aromatic heterocycles. The summed E-state index contributed by atoms with van der Waals surface area (Å²) < 4.78 is 16.1. The Morgan fingerprint density at radius 2 is 1.23 bits per heavy atom. The third-order valence-corrected chi connectivity index (χ3v) is 8.26. The highest BCUT2D eigenvalue weighted by Crippen LogP contribution is 2.17. The van der Waals surface area contributed by atoms with E-state index < -0.39 is 64.6 Å². The number of hydrogen-bond acceptors (Lipinski definition) is 7. The Bertz CT molecular complexity index is 503. The van der Waals surface area contributed by atoms with Crippen LogP contribution in [0.15, 0.2) is 0 Å². The van der Waals surface area contributed by atoms with Crippen molar-refractivity contribution in [2.75, 3.05) is 0 Å². The van der Waals surface area contributed by atoms with Crippen LogP contribution in [0, 0.1) is 21.6 Å². The van der Waals surface area contributed by atoms with Gasteiger partial charge in [-0.3, -0.25) is 21.6 Å². The van der Waals surface area contributed by atoms with Gasteiger partial charge in [0.05, 0.1) is 0 Å². The molecule has 0 aliphatic heterocycles. The van der Waals surface area contributed by atoms with Crippen LogP contribution in [-0.4, -0.2) is 75.0 Å². The van der Waals surface area contributed by atoms with Gasteiger partial charge in [0.25, 0.3) is 20.0 Å². The summed E-state index contributed by atoms with van der Waals surface area (Å²) in [6.45, 7) is 1.50. The summed E-state index contributed by atoms with van der Waals surface area (Å²) in [7, 11) is -3.59. The summed E-state index contributed by atoms with van der Waals surface area (Å²) in [5, 5.41) is 39.4. The third kappa shape index (κ3) is 7.81. The minimum atomic E-state index is -1.76. The maximum atomic E-state index is 7.61. The fourth-order valence-electron chi connectivity index (χ4n) is 2.11. The summed E-state index contributed by atoms with van der Waals surface area (Å²) in [4.78, 5) is 0. The third-order valence-electron chi connectivity index (χ3n) is 3.01. The van der Waals surface area contributed by atoms with Crippen molar-refractivity contribution >= 4 is 64.1 Å². The Morgan fingerprint density at radius 1 is 0.808 bits per heavy atom. The number of rotatable bonds is 11. The van der Waals surface area contributed by atoms with Gasteiger partial charge in [0.15, 0.2) is 34.8 Å². The zero-order valence-electron chi connectivity index (χ0n) is 14.7. The lowest BCUT2D eigenvalue weighted by Gasteiger charge is -2.49. The van der Waals surface area contributed by atoms with Gasteiger partial charge < -0.3 is 56.5 Å². The molecule has 0 aromatic carbocycles. The molecule has 0 aromatic rings. The first-order chi connectivity index (χ1) is 12.0. The summed E-state index contributed by atoms with van der Waals surface area (Å²) in [5.41, 5.74) is 20.4. The van der Waals surface area contributed by atoms with E-state index in [9.17, 15) is 0 Å². The van der Waals surface area contributed by atoms with Crippen LogP contribution >= 0.6 is 0 Å². The zero-order valence-corrected chi connectivity index (χ0v) is 20.9. The van der Waals surface area contributed by atoms with Crippen molar-refractivity contribution < 1.29 is 12.3 Å². The number of hydrogen-bond donors (Lipinski definition) is 12. The molecule has 0 atom stereocenters. The van der Waals surface area contributed by atoms with Crippen molar-refractivity contribution in [1.82, 2.24) is 21.3 Å². The lowest BCUT2D eigenvalue weighted by molar-refractivity contribution is 0.213. The van der Waals surface area contributed by atoms with Gasteiger partial charge in [0, 0.05) is 0 Å². The Kier molecular flexibility index (Phi) is 9.84. The zero-order chi connectivity index (χ0) is 20.4. The maximum Gasteiger partial charge on any atom is 0.284 e. The van der Waals surface area contributed by atoms with Crippen LogP contribution < -0.4 is 44.2 Å². The lowest BCUT2D eigenvalue weighted by atomic mass is 10.1. The number of nitrogens with one attached hydrogen (secondary N) is 8. The highest BCUT2D eigenvalue weighted by molar-refractivity contribution is 6.47. The van der Waals surface area contributed by atoms with E-state index in [4.69, 9.17) is 56.9 Å². The molecule has 0 rings (SSSR count). The summed E-state index contributed by atoms with van der Waals surface area (Å²) >= 11 is 0. The molecular formula is C7H28N12O3Si4. The first-order valence-electron chi connectivity index (χ1n) is 7.11. The van der Waals surface area contributed by atoms with E-state index in [1.54, 1.807) is 0 Å². The molecule has 15 nitrogen and oxygen atoms in total. The molecule has 16 N–H and O–H groups in total. The number of guanidine groups is 4. The van der Waals surface area contributed by atoms with Crippen LogP contribution in [0.2, 0.25) is 0 Å². The molecule has 0 amide bonds. The van der Waals surface area contributed by atoms with Gasteiger partial charge in [0.2, 0.25) is 9.76 Å². The molecule has 0 aliphatic rings. The minimum Gasteiger partial charge on any atom is -0.449 e. The van der Waals surface area contributed by atoms with E-state index >= 15 is 0 Å². The van der Waals surface area contributed by atoms with Gasteiger partial charge in [-0.25, -0.2) is 0 Å². The predicted octanol–water partition coefficient (Wildman–Crippen LogP) is -8.30. The molecule has 0 fully saturated rings. The first-order valence-corrected chi connectivity index (χ1v) is 11.5. The van der Waals surface area contributed by atoms with Crippen LogP contribution in [0.5, 0.6) is 0 Å². The average Bonchev–Trinajstić information content (AvgIpc) is 2.43. The van der Waals surface area contributed by atoms with Crippen LogP contribution in [0.3, 0.4) is 0 Å². The van der Waals surface area contributed by atoms with E-state index in [0.717, 1.165) is 0 Å². The van der Waals surface area contributed by atoms with Crippen molar-refractivity contribution in [1.29, 1.82) is 21.6 Å². The molecule has 0 unspecified atom stereocenters.